The summed E-state index contributed by atoms with van der Waals surface area (Å²) in [5, 5.41) is 34.7. The molecule has 3 saturated carbocycles. The molecule has 5 N–H and O–H groups in total. The van der Waals surface area contributed by atoms with Gasteiger partial charge in [-0.3, -0.25) is 24.1 Å². The van der Waals surface area contributed by atoms with Crippen LogP contribution < -0.4 is 5.32 Å². The lowest BCUT2D eigenvalue weighted by Crippen LogP contribution is -2.55. The van der Waals surface area contributed by atoms with Gasteiger partial charge >= 0.3 is 13.9 Å². The van der Waals surface area contributed by atoms with Crippen molar-refractivity contribution in [1.29, 1.82) is 0 Å². The van der Waals surface area contributed by atoms with Crippen molar-refractivity contribution in [1.82, 2.24) is 10.2 Å². The number of nitrogens with zero attached hydrogens (tertiary/aromatic N) is 1. The molecule has 0 aromatic rings. The fourth-order valence-corrected chi connectivity index (χ4v) is 12.0. The first-order valence-corrected chi connectivity index (χ1v) is 20.1. The average molecular weight is 711 g/mol. The minimum Gasteiger partial charge on any atom is -0.390 e. The standard InChI is InChI=1S/C36H59N2O10P/c1-21(7-6-13-34(2,3)43)24-8-9-25-32-26(11-15-36(24,25)5)35(4)14-10-23(17-22(35)18-28(32)40)48-49(44,45)46-20-29-27(39)19-31(47-29)38-16-12-30(41)37-33(38)42/h18,21,23-29,31-32,39-40,43H,6-17,19-20H2,1-5H3,(H,44,45)(H,37,41,42). The molecule has 2 saturated heterocycles. The van der Waals surface area contributed by atoms with E-state index in [1.165, 1.54) is 11.3 Å². The van der Waals surface area contributed by atoms with Crippen LogP contribution in [0.15, 0.2) is 11.6 Å². The van der Waals surface area contributed by atoms with Crippen LogP contribution in [0.2, 0.25) is 0 Å². The summed E-state index contributed by atoms with van der Waals surface area (Å²) in [5.41, 5.74) is 0.555. The monoisotopic (exact) mass is 710 g/mol. The largest absolute Gasteiger partial charge is 0.472 e. The maximum absolute atomic E-state index is 13.1. The Balaban J connectivity index is 1.04. The SMILES string of the molecule is CC(CCCC(C)(C)O)C1CCC2C3C(O)C=C4CC(OP(=O)(O)OCC5OC(N6CCC(=O)NC6=O)CC5O)CCC4(C)C3CCC12C. The zero-order valence-corrected chi connectivity index (χ0v) is 30.8. The molecule has 0 aromatic carbocycles. The third kappa shape index (κ3) is 7.59. The lowest BCUT2D eigenvalue weighted by molar-refractivity contribution is -0.124. The Morgan fingerprint density at radius 1 is 1.14 bits per heavy atom. The Bertz CT molecular complexity index is 1340. The van der Waals surface area contributed by atoms with E-state index in [1.807, 2.05) is 19.9 Å². The maximum atomic E-state index is 13.1. The van der Waals surface area contributed by atoms with Crippen molar-refractivity contribution in [2.24, 2.45) is 40.4 Å². The van der Waals surface area contributed by atoms with Crippen LogP contribution in [0.3, 0.4) is 0 Å². The van der Waals surface area contributed by atoms with E-state index in [1.54, 1.807) is 0 Å². The predicted molar refractivity (Wildman–Crippen MR) is 181 cm³/mol. The van der Waals surface area contributed by atoms with Crippen LogP contribution in [0, 0.1) is 40.4 Å². The molecule has 49 heavy (non-hydrogen) atoms. The zero-order valence-electron chi connectivity index (χ0n) is 29.9. The van der Waals surface area contributed by atoms with Crippen molar-refractivity contribution >= 4 is 19.8 Å². The quantitative estimate of drug-likeness (QED) is 0.144. The highest BCUT2D eigenvalue weighted by Crippen LogP contribution is 2.67. The third-order valence-corrected chi connectivity index (χ3v) is 14.7. The number of urea groups is 1. The fourth-order valence-electron chi connectivity index (χ4n) is 11.0. The number of aliphatic hydroxyl groups is 3. The van der Waals surface area contributed by atoms with Crippen LogP contribution in [0.4, 0.5) is 4.79 Å². The van der Waals surface area contributed by atoms with Crippen LogP contribution in [-0.2, 0) is 23.1 Å². The van der Waals surface area contributed by atoms with Crippen molar-refractivity contribution in [2.75, 3.05) is 13.2 Å². The molecule has 2 aliphatic heterocycles. The van der Waals surface area contributed by atoms with Gasteiger partial charge in [-0.1, -0.05) is 45.3 Å². The van der Waals surface area contributed by atoms with E-state index >= 15 is 0 Å². The second-order valence-electron chi connectivity index (χ2n) is 17.3. The summed E-state index contributed by atoms with van der Waals surface area (Å²) in [6.45, 7) is 10.7. The molecule has 6 rings (SSSR count). The number of ether oxygens (including phenoxy) is 1. The molecule has 13 unspecified atom stereocenters. The summed E-state index contributed by atoms with van der Waals surface area (Å²) in [5.74, 6) is 1.82. The van der Waals surface area contributed by atoms with Crippen molar-refractivity contribution in [3.8, 4) is 0 Å². The first-order valence-electron chi connectivity index (χ1n) is 18.6. The fraction of sp³-hybridized carbons (Fsp3) is 0.889. The molecule has 0 aromatic heterocycles. The highest BCUT2D eigenvalue weighted by molar-refractivity contribution is 7.47. The molecule has 3 amide bonds. The molecule has 2 heterocycles. The van der Waals surface area contributed by atoms with Gasteiger partial charge in [0.05, 0.1) is 30.5 Å². The van der Waals surface area contributed by atoms with Gasteiger partial charge in [0, 0.05) is 19.4 Å². The van der Waals surface area contributed by atoms with Gasteiger partial charge < -0.3 is 24.9 Å². The molecule has 4 aliphatic carbocycles. The van der Waals surface area contributed by atoms with Crippen LogP contribution in [-0.4, -0.2) is 86.4 Å². The van der Waals surface area contributed by atoms with Gasteiger partial charge in [-0.05, 0) is 106 Å². The van der Waals surface area contributed by atoms with Crippen LogP contribution in [0.1, 0.15) is 112 Å². The number of phosphoric ester groups is 1. The molecule has 278 valence electrons. The number of carbonyl (C=O) groups excluding carboxylic acids is 2. The Morgan fingerprint density at radius 2 is 1.90 bits per heavy atom. The molecule has 6 aliphatic rings. The summed E-state index contributed by atoms with van der Waals surface area (Å²) in [6.07, 6.45) is 7.70. The smallest absolute Gasteiger partial charge is 0.390 e. The average Bonchev–Trinajstić information content (AvgIpc) is 3.55. The first kappa shape index (κ1) is 37.4. The van der Waals surface area contributed by atoms with Crippen molar-refractivity contribution in [2.45, 2.75) is 148 Å². The molecule has 13 heteroatoms. The number of fused-ring (bicyclic) bond motifs is 5. The number of phosphoric acid groups is 1. The molecular weight excluding hydrogens is 651 g/mol. The van der Waals surface area contributed by atoms with Crippen LogP contribution in [0.25, 0.3) is 0 Å². The molecule has 0 bridgehead atoms. The second-order valence-corrected chi connectivity index (χ2v) is 18.7. The highest BCUT2D eigenvalue weighted by Gasteiger charge is 2.61. The topological polar surface area (TPSA) is 175 Å². The van der Waals surface area contributed by atoms with E-state index in [9.17, 15) is 34.4 Å². The number of amides is 3. The number of carbonyl (C=O) groups is 2. The van der Waals surface area contributed by atoms with E-state index in [-0.39, 0.29) is 42.0 Å². The zero-order chi connectivity index (χ0) is 35.5. The van der Waals surface area contributed by atoms with Crippen molar-refractivity contribution < 1.29 is 48.2 Å². The van der Waals surface area contributed by atoms with Gasteiger partial charge in [0.15, 0.2) is 0 Å². The lowest BCUT2D eigenvalue weighted by atomic mass is 9.46. The van der Waals surface area contributed by atoms with Crippen molar-refractivity contribution in [3.05, 3.63) is 11.6 Å². The van der Waals surface area contributed by atoms with E-state index in [2.05, 4.69) is 26.1 Å². The summed E-state index contributed by atoms with van der Waals surface area (Å²) >= 11 is 0. The number of rotatable bonds is 11. The van der Waals surface area contributed by atoms with Gasteiger partial charge in [0.2, 0.25) is 5.91 Å². The van der Waals surface area contributed by atoms with E-state index in [4.69, 9.17) is 13.8 Å². The van der Waals surface area contributed by atoms with E-state index in [0.29, 0.717) is 36.5 Å². The Kier molecular flexibility index (Phi) is 10.6. The Labute approximate surface area is 290 Å². The van der Waals surface area contributed by atoms with Gasteiger partial charge in [-0.15, -0.1) is 0 Å². The number of aliphatic hydroxyl groups excluding tert-OH is 2. The maximum Gasteiger partial charge on any atom is 0.472 e. The number of hydrogen-bond donors (Lipinski definition) is 5. The van der Waals surface area contributed by atoms with E-state index in [0.717, 1.165) is 50.5 Å². The predicted octanol–water partition coefficient (Wildman–Crippen LogP) is 5.03. The Morgan fingerprint density at radius 3 is 2.61 bits per heavy atom. The van der Waals surface area contributed by atoms with Gasteiger partial charge in [-0.2, -0.15) is 0 Å². The molecule has 13 atom stereocenters. The van der Waals surface area contributed by atoms with Crippen molar-refractivity contribution in [3.63, 3.8) is 0 Å². The van der Waals surface area contributed by atoms with E-state index < -0.39 is 56.7 Å². The van der Waals surface area contributed by atoms with Crippen LogP contribution >= 0.6 is 7.82 Å². The minimum absolute atomic E-state index is 0.0921. The van der Waals surface area contributed by atoms with Gasteiger partial charge in [-0.25, -0.2) is 9.36 Å². The van der Waals surface area contributed by atoms with Gasteiger partial charge in [0.1, 0.15) is 12.3 Å². The summed E-state index contributed by atoms with van der Waals surface area (Å²) in [7, 11) is -4.52. The number of imide groups is 1. The minimum atomic E-state index is -4.52. The molecular formula is C36H59N2O10P. The lowest BCUT2D eigenvalue weighted by Gasteiger charge is -2.59. The number of hydrogen-bond acceptors (Lipinski definition) is 9. The van der Waals surface area contributed by atoms with Gasteiger partial charge in [0.25, 0.3) is 0 Å². The number of nitrogens with one attached hydrogen (secondary N) is 1. The summed E-state index contributed by atoms with van der Waals surface area (Å²) < 4.78 is 29.9. The Hall–Kier alpha value is -1.37. The second kappa shape index (κ2) is 13.9. The summed E-state index contributed by atoms with van der Waals surface area (Å²) in [6, 6.07) is -0.595. The normalized spacial score (nSPS) is 42.8. The molecule has 0 spiro atoms. The molecule has 0 radical (unpaired) electrons. The first-order chi connectivity index (χ1) is 22.9. The molecule has 12 nitrogen and oxygen atoms in total. The molecule has 5 fully saturated rings. The third-order valence-electron chi connectivity index (χ3n) is 13.6. The van der Waals surface area contributed by atoms with Crippen LogP contribution in [0.5, 0.6) is 0 Å². The highest BCUT2D eigenvalue weighted by atomic mass is 31.2. The summed E-state index contributed by atoms with van der Waals surface area (Å²) in [4.78, 5) is 35.7.